The highest BCUT2D eigenvalue weighted by Crippen LogP contribution is 2.12. The van der Waals surface area contributed by atoms with Gasteiger partial charge in [-0.2, -0.15) is 0 Å². The van der Waals surface area contributed by atoms with Crippen LogP contribution in [0.25, 0.3) is 0 Å². The standard InChI is InChI=1S/C16H19N3O2S/c1-2-19(11-13-9-6-10-22-13)14(15(20)18-16(17)21)12-7-4-3-5-8-12/h3-10,14H,2,11H2,1H3,(H3,17,18,20,21)/p+1/t14-/m0/s1. The number of benzene rings is 1. The van der Waals surface area contributed by atoms with Crippen LogP contribution < -0.4 is 16.0 Å². The Labute approximate surface area is 133 Å². The molecule has 2 rings (SSSR count). The fourth-order valence-electron chi connectivity index (χ4n) is 2.48. The number of amides is 3. The van der Waals surface area contributed by atoms with Gasteiger partial charge in [-0.1, -0.05) is 36.4 Å². The van der Waals surface area contributed by atoms with E-state index in [9.17, 15) is 9.59 Å². The van der Waals surface area contributed by atoms with E-state index in [0.717, 1.165) is 23.6 Å². The van der Waals surface area contributed by atoms with Crippen molar-refractivity contribution in [1.29, 1.82) is 0 Å². The molecule has 0 saturated carbocycles. The zero-order valence-electron chi connectivity index (χ0n) is 12.4. The van der Waals surface area contributed by atoms with E-state index in [2.05, 4.69) is 5.32 Å². The Hall–Kier alpha value is -2.18. The SMILES string of the molecule is CC[NH+](Cc1cccs1)[C@H](C(=O)NC(N)=O)c1ccccc1. The minimum absolute atomic E-state index is 0.368. The summed E-state index contributed by atoms with van der Waals surface area (Å²) in [6.07, 6.45) is 0. The maximum atomic E-state index is 12.5. The second kappa shape index (κ2) is 7.72. The molecule has 2 atom stereocenters. The van der Waals surface area contributed by atoms with Gasteiger partial charge in [0.2, 0.25) is 0 Å². The molecule has 116 valence electrons. The lowest BCUT2D eigenvalue weighted by molar-refractivity contribution is -0.933. The van der Waals surface area contributed by atoms with Crippen LogP contribution in [0.15, 0.2) is 47.8 Å². The van der Waals surface area contributed by atoms with Crippen molar-refractivity contribution in [2.75, 3.05) is 6.54 Å². The number of quaternary nitrogens is 1. The van der Waals surface area contributed by atoms with Crippen molar-refractivity contribution >= 4 is 23.3 Å². The van der Waals surface area contributed by atoms with Gasteiger partial charge in [-0.25, -0.2) is 4.79 Å². The molecule has 0 aliphatic rings. The lowest BCUT2D eigenvalue weighted by Crippen LogP contribution is -3.12. The van der Waals surface area contributed by atoms with E-state index in [0.29, 0.717) is 0 Å². The third kappa shape index (κ3) is 4.16. The van der Waals surface area contributed by atoms with E-state index in [-0.39, 0.29) is 5.91 Å². The average molecular weight is 318 g/mol. The van der Waals surface area contributed by atoms with E-state index in [1.807, 2.05) is 54.8 Å². The van der Waals surface area contributed by atoms with Crippen LogP contribution in [-0.4, -0.2) is 18.5 Å². The van der Waals surface area contributed by atoms with Gasteiger partial charge in [-0.15, -0.1) is 11.3 Å². The third-order valence-electron chi connectivity index (χ3n) is 3.49. The van der Waals surface area contributed by atoms with Crippen molar-refractivity contribution in [2.24, 2.45) is 5.73 Å². The summed E-state index contributed by atoms with van der Waals surface area (Å²) in [6, 6.07) is 12.2. The van der Waals surface area contributed by atoms with Crippen molar-refractivity contribution in [2.45, 2.75) is 19.5 Å². The third-order valence-corrected chi connectivity index (χ3v) is 4.36. The van der Waals surface area contributed by atoms with Gasteiger partial charge in [0, 0.05) is 5.56 Å². The van der Waals surface area contributed by atoms with Crippen LogP contribution in [-0.2, 0) is 11.3 Å². The van der Waals surface area contributed by atoms with Crippen LogP contribution in [0.5, 0.6) is 0 Å². The van der Waals surface area contributed by atoms with Crippen LogP contribution in [0.3, 0.4) is 0 Å². The summed E-state index contributed by atoms with van der Waals surface area (Å²) in [7, 11) is 0. The number of nitrogens with two attached hydrogens (primary N) is 1. The fraction of sp³-hybridized carbons (Fsp3) is 0.250. The van der Waals surface area contributed by atoms with Crippen LogP contribution in [0.1, 0.15) is 23.4 Å². The second-order valence-electron chi connectivity index (χ2n) is 4.97. The highest BCUT2D eigenvalue weighted by atomic mass is 32.1. The molecule has 1 aromatic carbocycles. The molecule has 0 aliphatic heterocycles. The average Bonchev–Trinajstić information content (AvgIpc) is 3.00. The highest BCUT2D eigenvalue weighted by Gasteiger charge is 2.31. The van der Waals surface area contributed by atoms with E-state index in [1.54, 1.807) is 11.3 Å². The number of nitrogens with one attached hydrogen (secondary N) is 2. The van der Waals surface area contributed by atoms with Gasteiger partial charge >= 0.3 is 6.03 Å². The Bertz CT molecular complexity index is 614. The van der Waals surface area contributed by atoms with E-state index in [4.69, 9.17) is 5.73 Å². The topological polar surface area (TPSA) is 76.6 Å². The number of urea groups is 1. The molecule has 0 radical (unpaired) electrons. The largest absolute Gasteiger partial charge is 0.351 e. The number of hydrogen-bond acceptors (Lipinski definition) is 3. The molecule has 5 nitrogen and oxygen atoms in total. The summed E-state index contributed by atoms with van der Waals surface area (Å²) >= 11 is 1.66. The predicted molar refractivity (Wildman–Crippen MR) is 86.4 cm³/mol. The van der Waals surface area contributed by atoms with Crippen LogP contribution >= 0.6 is 11.3 Å². The first-order valence-electron chi connectivity index (χ1n) is 7.14. The first-order valence-corrected chi connectivity index (χ1v) is 8.02. The number of carbonyl (C=O) groups excluding carboxylic acids is 2. The summed E-state index contributed by atoms with van der Waals surface area (Å²) in [4.78, 5) is 25.8. The summed E-state index contributed by atoms with van der Waals surface area (Å²) in [6.45, 7) is 3.50. The molecule has 0 saturated heterocycles. The molecule has 1 heterocycles. The van der Waals surface area contributed by atoms with Crippen molar-refractivity contribution in [3.63, 3.8) is 0 Å². The Morgan fingerprint density at radius 2 is 1.95 bits per heavy atom. The monoisotopic (exact) mass is 318 g/mol. The zero-order valence-corrected chi connectivity index (χ0v) is 13.2. The number of likely N-dealkylation sites (N-methyl/N-ethyl adjacent to an activating group) is 1. The first-order chi connectivity index (χ1) is 10.6. The number of imide groups is 1. The molecular weight excluding hydrogens is 298 g/mol. The van der Waals surface area contributed by atoms with Crippen molar-refractivity contribution in [1.82, 2.24) is 5.32 Å². The molecule has 0 fully saturated rings. The van der Waals surface area contributed by atoms with E-state index in [1.165, 1.54) is 4.88 Å². The Morgan fingerprint density at radius 3 is 2.50 bits per heavy atom. The lowest BCUT2D eigenvalue weighted by Gasteiger charge is -2.26. The molecule has 2 aromatic rings. The second-order valence-corrected chi connectivity index (χ2v) is 6.00. The maximum absolute atomic E-state index is 12.5. The Morgan fingerprint density at radius 1 is 1.23 bits per heavy atom. The van der Waals surface area contributed by atoms with Gasteiger partial charge in [0.05, 0.1) is 11.4 Å². The summed E-state index contributed by atoms with van der Waals surface area (Å²) in [5.74, 6) is -0.368. The molecule has 22 heavy (non-hydrogen) atoms. The summed E-state index contributed by atoms with van der Waals surface area (Å²) in [5, 5.41) is 4.24. The summed E-state index contributed by atoms with van der Waals surface area (Å²) < 4.78 is 0. The van der Waals surface area contributed by atoms with Gasteiger partial charge in [0.25, 0.3) is 5.91 Å². The van der Waals surface area contributed by atoms with Crippen LogP contribution in [0.4, 0.5) is 4.79 Å². The maximum Gasteiger partial charge on any atom is 0.319 e. The first kappa shape index (κ1) is 16.2. The number of rotatable bonds is 6. The number of carbonyl (C=O) groups is 2. The molecule has 0 bridgehead atoms. The number of thiophene rings is 1. The van der Waals surface area contributed by atoms with Crippen molar-refractivity contribution in [3.8, 4) is 0 Å². The predicted octanol–water partition coefficient (Wildman–Crippen LogP) is 1.09. The van der Waals surface area contributed by atoms with Gasteiger partial charge in [-0.05, 0) is 18.4 Å². The Kier molecular flexibility index (Phi) is 5.68. The normalized spacial score (nSPS) is 13.3. The quantitative estimate of drug-likeness (QED) is 0.746. The minimum atomic E-state index is -0.822. The molecule has 3 amide bonds. The van der Waals surface area contributed by atoms with E-state index >= 15 is 0 Å². The van der Waals surface area contributed by atoms with Crippen molar-refractivity contribution < 1.29 is 14.5 Å². The molecular formula is C16H20N3O2S+. The molecule has 1 unspecified atom stereocenters. The van der Waals surface area contributed by atoms with Gasteiger partial charge < -0.3 is 10.6 Å². The smallest absolute Gasteiger partial charge is 0.319 e. The number of hydrogen-bond donors (Lipinski definition) is 3. The van der Waals surface area contributed by atoms with Crippen LogP contribution in [0, 0.1) is 0 Å². The fourth-order valence-corrected chi connectivity index (χ4v) is 3.24. The molecule has 1 aromatic heterocycles. The highest BCUT2D eigenvalue weighted by molar-refractivity contribution is 7.09. The zero-order chi connectivity index (χ0) is 15.9. The van der Waals surface area contributed by atoms with Gasteiger partial charge in [0.15, 0.2) is 6.04 Å². The summed E-state index contributed by atoms with van der Waals surface area (Å²) in [5.41, 5.74) is 5.98. The lowest BCUT2D eigenvalue weighted by atomic mass is 10.0. The van der Waals surface area contributed by atoms with Crippen molar-refractivity contribution in [3.05, 3.63) is 58.3 Å². The molecule has 6 heteroatoms. The molecule has 4 N–H and O–H groups in total. The van der Waals surface area contributed by atoms with Gasteiger partial charge in [0.1, 0.15) is 6.54 Å². The van der Waals surface area contributed by atoms with Gasteiger partial charge in [-0.3, -0.25) is 10.1 Å². The molecule has 0 aliphatic carbocycles. The molecule has 0 spiro atoms. The van der Waals surface area contributed by atoms with E-state index < -0.39 is 12.1 Å². The Balaban J connectivity index is 2.29. The minimum Gasteiger partial charge on any atom is -0.351 e. The number of primary amides is 1. The van der Waals surface area contributed by atoms with Crippen LogP contribution in [0.2, 0.25) is 0 Å².